The van der Waals surface area contributed by atoms with E-state index in [9.17, 15) is 10.1 Å². The van der Waals surface area contributed by atoms with Crippen molar-refractivity contribution in [3.05, 3.63) is 106 Å². The topological polar surface area (TPSA) is 69.2 Å². The number of nitrogen functional groups attached to an aromatic ring is 1. The first-order valence-electron chi connectivity index (χ1n) is 10.7. The van der Waals surface area contributed by atoms with Crippen molar-refractivity contribution in [1.29, 1.82) is 0 Å². The van der Waals surface area contributed by atoms with E-state index in [-0.39, 0.29) is 11.0 Å². The molecular weight excluding hydrogens is 415 g/mol. The maximum Gasteiger partial charge on any atom is 0.305 e. The number of nitro benzene ring substituents is 1. The van der Waals surface area contributed by atoms with E-state index < -0.39 is 16.4 Å². The lowest BCUT2D eigenvalue weighted by Crippen LogP contribution is -2.14. The molecule has 4 rings (SSSR count). The summed E-state index contributed by atoms with van der Waals surface area (Å²) < 4.78 is 15.1. The maximum atomic E-state index is 15.1. The number of hydrogen-bond acceptors (Lipinski definition) is 3. The molecular formula is C28H25FN2O2. The molecule has 5 heteroatoms. The summed E-state index contributed by atoms with van der Waals surface area (Å²) in [7, 11) is 0. The van der Waals surface area contributed by atoms with Crippen LogP contribution in [-0.4, -0.2) is 4.92 Å². The Balaban J connectivity index is 1.97. The molecule has 0 radical (unpaired) electrons. The molecule has 0 aliphatic carbocycles. The standard InChI is InChI=1S/C28H25FN2O2/c1-28(2,3)24-16-8-15-23(27(24)30)21-13-7-5-11-19(21)18-10-4-6-12-20(18)22-14-9-17-25(26(22)29)31(32)33/h4-17H,30H2,1-3H3. The van der Waals surface area contributed by atoms with E-state index in [1.54, 1.807) is 18.2 Å². The van der Waals surface area contributed by atoms with Crippen LogP contribution in [0.3, 0.4) is 0 Å². The van der Waals surface area contributed by atoms with Crippen LogP contribution in [0.4, 0.5) is 15.8 Å². The SMILES string of the molecule is CC(C)(C)c1cccc(-c2ccccc2-c2ccccc2-c2cccc([N+](=O)[O-])c2F)c1N. The molecule has 0 atom stereocenters. The number of benzene rings is 4. The molecule has 33 heavy (non-hydrogen) atoms. The van der Waals surface area contributed by atoms with Crippen LogP contribution in [0, 0.1) is 15.9 Å². The fraction of sp³-hybridized carbons (Fsp3) is 0.143. The Kier molecular flexibility index (Phi) is 5.73. The third-order valence-corrected chi connectivity index (χ3v) is 5.81. The van der Waals surface area contributed by atoms with E-state index in [2.05, 4.69) is 20.8 Å². The minimum absolute atomic E-state index is 0.126. The van der Waals surface area contributed by atoms with Gasteiger partial charge < -0.3 is 5.73 Å². The van der Waals surface area contributed by atoms with Crippen LogP contribution in [0.1, 0.15) is 26.3 Å². The van der Waals surface area contributed by atoms with E-state index in [0.717, 1.165) is 27.8 Å². The molecule has 0 heterocycles. The zero-order chi connectivity index (χ0) is 23.8. The maximum absolute atomic E-state index is 15.1. The minimum atomic E-state index is -0.846. The van der Waals surface area contributed by atoms with E-state index in [1.807, 2.05) is 54.6 Å². The molecule has 166 valence electrons. The lowest BCUT2D eigenvalue weighted by atomic mass is 9.82. The van der Waals surface area contributed by atoms with E-state index in [1.165, 1.54) is 12.1 Å². The number of para-hydroxylation sites is 1. The van der Waals surface area contributed by atoms with Gasteiger partial charge in [0.15, 0.2) is 0 Å². The highest BCUT2D eigenvalue weighted by atomic mass is 19.1. The number of anilines is 1. The summed E-state index contributed by atoms with van der Waals surface area (Å²) in [6.45, 7) is 6.36. The molecule has 0 bridgehead atoms. The first kappa shape index (κ1) is 22.2. The van der Waals surface area contributed by atoms with Crippen molar-refractivity contribution in [1.82, 2.24) is 0 Å². The summed E-state index contributed by atoms with van der Waals surface area (Å²) in [6, 6.07) is 25.4. The summed E-state index contributed by atoms with van der Waals surface area (Å²) in [5.74, 6) is -0.846. The Bertz CT molecular complexity index is 1360. The quantitative estimate of drug-likeness (QED) is 0.202. The van der Waals surface area contributed by atoms with Gasteiger partial charge in [0.1, 0.15) is 0 Å². The first-order valence-corrected chi connectivity index (χ1v) is 10.7. The predicted octanol–water partition coefficient (Wildman–Crippen LogP) is 7.61. The Morgan fingerprint density at radius 1 is 0.697 bits per heavy atom. The van der Waals surface area contributed by atoms with Crippen LogP contribution >= 0.6 is 0 Å². The highest BCUT2D eigenvalue weighted by molar-refractivity contribution is 5.95. The van der Waals surface area contributed by atoms with Crippen LogP contribution in [0.15, 0.2) is 84.9 Å². The molecule has 4 nitrogen and oxygen atoms in total. The van der Waals surface area contributed by atoms with Crippen molar-refractivity contribution in [2.24, 2.45) is 0 Å². The fourth-order valence-corrected chi connectivity index (χ4v) is 4.23. The summed E-state index contributed by atoms with van der Waals surface area (Å²) in [4.78, 5) is 10.6. The van der Waals surface area contributed by atoms with Crippen molar-refractivity contribution in [3.63, 3.8) is 0 Å². The third kappa shape index (κ3) is 4.10. The second kappa shape index (κ2) is 8.51. The molecule has 0 unspecified atom stereocenters. The van der Waals surface area contributed by atoms with Crippen molar-refractivity contribution >= 4 is 11.4 Å². The molecule has 0 aliphatic rings. The van der Waals surface area contributed by atoms with Gasteiger partial charge in [-0.3, -0.25) is 10.1 Å². The minimum Gasteiger partial charge on any atom is -0.398 e. The lowest BCUT2D eigenvalue weighted by Gasteiger charge is -2.24. The Morgan fingerprint density at radius 3 is 1.64 bits per heavy atom. The van der Waals surface area contributed by atoms with Gasteiger partial charge in [-0.1, -0.05) is 99.6 Å². The monoisotopic (exact) mass is 440 g/mol. The molecule has 0 aliphatic heterocycles. The average Bonchev–Trinajstić information content (AvgIpc) is 2.78. The highest BCUT2D eigenvalue weighted by Crippen LogP contribution is 2.43. The van der Waals surface area contributed by atoms with Crippen LogP contribution in [-0.2, 0) is 5.41 Å². The molecule has 0 saturated heterocycles. The molecule has 2 N–H and O–H groups in total. The normalized spacial score (nSPS) is 11.4. The Labute approximate surface area is 192 Å². The second-order valence-electron chi connectivity index (χ2n) is 9.00. The van der Waals surface area contributed by atoms with Gasteiger partial charge in [0.2, 0.25) is 5.82 Å². The van der Waals surface area contributed by atoms with Crippen LogP contribution < -0.4 is 5.73 Å². The number of halogens is 1. The number of hydrogen-bond donors (Lipinski definition) is 1. The largest absolute Gasteiger partial charge is 0.398 e. The Hall–Kier alpha value is -3.99. The molecule has 0 amide bonds. The first-order chi connectivity index (χ1) is 15.7. The van der Waals surface area contributed by atoms with Gasteiger partial charge in [-0.15, -0.1) is 0 Å². The van der Waals surface area contributed by atoms with Crippen molar-refractivity contribution < 1.29 is 9.31 Å². The van der Waals surface area contributed by atoms with Gasteiger partial charge in [0.25, 0.3) is 0 Å². The smallest absolute Gasteiger partial charge is 0.305 e. The van der Waals surface area contributed by atoms with Crippen LogP contribution in [0.2, 0.25) is 0 Å². The second-order valence-corrected chi connectivity index (χ2v) is 9.00. The number of rotatable bonds is 4. The average molecular weight is 441 g/mol. The zero-order valence-corrected chi connectivity index (χ0v) is 18.8. The predicted molar refractivity (Wildman–Crippen MR) is 132 cm³/mol. The van der Waals surface area contributed by atoms with E-state index >= 15 is 4.39 Å². The summed E-state index contributed by atoms with van der Waals surface area (Å²) in [6.07, 6.45) is 0. The number of nitro groups is 1. The van der Waals surface area contributed by atoms with Gasteiger partial charge in [0.05, 0.1) is 4.92 Å². The molecule has 4 aromatic carbocycles. The third-order valence-electron chi connectivity index (χ3n) is 5.81. The van der Waals surface area contributed by atoms with E-state index in [4.69, 9.17) is 5.73 Å². The lowest BCUT2D eigenvalue weighted by molar-refractivity contribution is -0.387. The molecule has 4 aromatic rings. The number of nitrogens with two attached hydrogens (primary N) is 1. The highest BCUT2D eigenvalue weighted by Gasteiger charge is 2.23. The summed E-state index contributed by atoms with van der Waals surface area (Å²) in [5, 5.41) is 11.3. The van der Waals surface area contributed by atoms with Gasteiger partial charge in [0, 0.05) is 22.9 Å². The van der Waals surface area contributed by atoms with Crippen molar-refractivity contribution in [3.8, 4) is 33.4 Å². The molecule has 0 aromatic heterocycles. The summed E-state index contributed by atoms with van der Waals surface area (Å²) >= 11 is 0. The number of nitrogens with zero attached hydrogens (tertiary/aromatic N) is 1. The van der Waals surface area contributed by atoms with Gasteiger partial charge >= 0.3 is 5.69 Å². The van der Waals surface area contributed by atoms with Gasteiger partial charge in [-0.25, -0.2) is 0 Å². The van der Waals surface area contributed by atoms with Crippen molar-refractivity contribution in [2.75, 3.05) is 5.73 Å². The fourth-order valence-electron chi connectivity index (χ4n) is 4.23. The molecule has 0 fully saturated rings. The van der Waals surface area contributed by atoms with Gasteiger partial charge in [-0.2, -0.15) is 4.39 Å². The van der Waals surface area contributed by atoms with Crippen LogP contribution in [0.5, 0.6) is 0 Å². The molecule has 0 saturated carbocycles. The van der Waals surface area contributed by atoms with E-state index in [0.29, 0.717) is 11.3 Å². The van der Waals surface area contributed by atoms with Crippen molar-refractivity contribution in [2.45, 2.75) is 26.2 Å². The Morgan fingerprint density at radius 2 is 1.12 bits per heavy atom. The molecule has 0 spiro atoms. The van der Waals surface area contributed by atoms with Gasteiger partial charge in [-0.05, 0) is 33.2 Å². The zero-order valence-electron chi connectivity index (χ0n) is 18.8. The summed E-state index contributed by atoms with van der Waals surface area (Å²) in [5.41, 5.74) is 11.9. The van der Waals surface area contributed by atoms with Crippen LogP contribution in [0.25, 0.3) is 33.4 Å².